The molecule has 2 rings (SSSR count). The summed E-state index contributed by atoms with van der Waals surface area (Å²) in [7, 11) is 0. The maximum atomic E-state index is 10.2. The second-order valence-electron chi connectivity index (χ2n) is 5.31. The van der Waals surface area contributed by atoms with Crippen LogP contribution in [0.2, 0.25) is 0 Å². The van der Waals surface area contributed by atoms with Crippen molar-refractivity contribution in [3.05, 3.63) is 71.8 Å². The first-order valence-electron chi connectivity index (χ1n) is 6.91. The van der Waals surface area contributed by atoms with Gasteiger partial charge in [-0.05, 0) is 24.0 Å². The number of nitrogens with two attached hydrogens (primary N) is 2. The van der Waals surface area contributed by atoms with Crippen molar-refractivity contribution in [1.82, 2.24) is 0 Å². The van der Waals surface area contributed by atoms with Crippen molar-refractivity contribution in [1.29, 1.82) is 0 Å². The fourth-order valence-electron chi connectivity index (χ4n) is 2.28. The molecule has 0 aliphatic carbocycles. The molecule has 3 heteroatoms. The fourth-order valence-corrected chi connectivity index (χ4v) is 2.28. The quantitative estimate of drug-likeness (QED) is 0.701. The number of aliphatic hydroxyl groups is 1. The molecule has 0 spiro atoms. The summed E-state index contributed by atoms with van der Waals surface area (Å²) < 4.78 is 0. The van der Waals surface area contributed by atoms with Crippen LogP contribution in [0, 0.1) is 0 Å². The third kappa shape index (κ3) is 4.17. The standard InChI is InChI=1S/C17H22N2O/c18-17(19,13-15-9-5-2-6-10-15)16(20)12-11-14-7-3-1-4-8-14/h1-10,16,20H,11-13,18-19H2. The Hall–Kier alpha value is -1.68. The molecule has 3 nitrogen and oxygen atoms in total. The first kappa shape index (κ1) is 14.7. The van der Waals surface area contributed by atoms with E-state index in [1.165, 1.54) is 5.56 Å². The molecule has 106 valence electrons. The van der Waals surface area contributed by atoms with E-state index >= 15 is 0 Å². The Morgan fingerprint density at radius 2 is 1.35 bits per heavy atom. The van der Waals surface area contributed by atoms with E-state index in [0.29, 0.717) is 12.8 Å². The van der Waals surface area contributed by atoms with Gasteiger partial charge < -0.3 is 16.6 Å². The lowest BCUT2D eigenvalue weighted by Gasteiger charge is -2.30. The van der Waals surface area contributed by atoms with E-state index in [1.54, 1.807) is 0 Å². The Balaban J connectivity index is 1.91. The number of aryl methyl sites for hydroxylation is 1. The first-order valence-corrected chi connectivity index (χ1v) is 6.91. The molecule has 2 aromatic rings. The average Bonchev–Trinajstić information content (AvgIpc) is 2.46. The Bertz CT molecular complexity index is 511. The van der Waals surface area contributed by atoms with Crippen LogP contribution in [-0.4, -0.2) is 16.9 Å². The summed E-state index contributed by atoms with van der Waals surface area (Å²) >= 11 is 0. The van der Waals surface area contributed by atoms with Crippen LogP contribution in [0.4, 0.5) is 0 Å². The Labute approximate surface area is 120 Å². The van der Waals surface area contributed by atoms with E-state index in [2.05, 4.69) is 0 Å². The van der Waals surface area contributed by atoms with Gasteiger partial charge in [-0.3, -0.25) is 0 Å². The molecular formula is C17H22N2O. The molecule has 20 heavy (non-hydrogen) atoms. The zero-order chi connectivity index (χ0) is 14.4. The van der Waals surface area contributed by atoms with Crippen molar-refractivity contribution in [3.8, 4) is 0 Å². The van der Waals surface area contributed by atoms with Gasteiger partial charge in [0.05, 0.1) is 11.8 Å². The fraction of sp³-hybridized carbons (Fsp3) is 0.294. The third-order valence-electron chi connectivity index (χ3n) is 3.52. The molecule has 1 atom stereocenters. The number of rotatable bonds is 6. The predicted octanol–water partition coefficient (Wildman–Crippen LogP) is 1.84. The normalized spacial score (nSPS) is 13.2. The summed E-state index contributed by atoms with van der Waals surface area (Å²) in [5.74, 6) is 0. The van der Waals surface area contributed by atoms with Crippen molar-refractivity contribution in [3.63, 3.8) is 0 Å². The van der Waals surface area contributed by atoms with Crippen molar-refractivity contribution in [2.45, 2.75) is 31.0 Å². The molecule has 0 aromatic heterocycles. The van der Waals surface area contributed by atoms with Gasteiger partial charge in [-0.15, -0.1) is 0 Å². The largest absolute Gasteiger partial charge is 0.390 e. The Morgan fingerprint density at radius 3 is 1.90 bits per heavy atom. The van der Waals surface area contributed by atoms with Crippen LogP contribution < -0.4 is 11.5 Å². The van der Waals surface area contributed by atoms with Gasteiger partial charge in [0.25, 0.3) is 0 Å². The topological polar surface area (TPSA) is 72.3 Å². The van der Waals surface area contributed by atoms with Gasteiger partial charge in [0, 0.05) is 6.42 Å². The van der Waals surface area contributed by atoms with Crippen LogP contribution in [0.25, 0.3) is 0 Å². The second-order valence-corrected chi connectivity index (χ2v) is 5.31. The number of aliphatic hydroxyl groups excluding tert-OH is 1. The maximum absolute atomic E-state index is 10.2. The molecule has 0 amide bonds. The summed E-state index contributed by atoms with van der Waals surface area (Å²) in [5.41, 5.74) is 13.3. The monoisotopic (exact) mass is 270 g/mol. The minimum atomic E-state index is -1.10. The number of benzene rings is 2. The van der Waals surface area contributed by atoms with Crippen molar-refractivity contribution < 1.29 is 5.11 Å². The molecule has 0 aliphatic rings. The highest BCUT2D eigenvalue weighted by Gasteiger charge is 2.29. The summed E-state index contributed by atoms with van der Waals surface area (Å²) in [6, 6.07) is 19.8. The molecule has 0 saturated heterocycles. The predicted molar refractivity (Wildman–Crippen MR) is 82.0 cm³/mol. The molecule has 0 bridgehead atoms. The van der Waals surface area contributed by atoms with E-state index in [4.69, 9.17) is 11.5 Å². The molecule has 5 N–H and O–H groups in total. The lowest BCUT2D eigenvalue weighted by atomic mass is 9.92. The van der Waals surface area contributed by atoms with Crippen LogP contribution in [-0.2, 0) is 12.8 Å². The first-order chi connectivity index (χ1) is 9.58. The third-order valence-corrected chi connectivity index (χ3v) is 3.52. The molecule has 2 aromatic carbocycles. The van der Waals surface area contributed by atoms with Crippen molar-refractivity contribution in [2.24, 2.45) is 11.5 Å². The highest BCUT2D eigenvalue weighted by atomic mass is 16.3. The van der Waals surface area contributed by atoms with Gasteiger partial charge in [-0.2, -0.15) is 0 Å². The van der Waals surface area contributed by atoms with Gasteiger partial charge in [-0.25, -0.2) is 0 Å². The number of hydrogen-bond acceptors (Lipinski definition) is 3. The molecule has 0 fully saturated rings. The van der Waals surface area contributed by atoms with Crippen LogP contribution in [0.1, 0.15) is 17.5 Å². The minimum Gasteiger partial charge on any atom is -0.390 e. The highest BCUT2D eigenvalue weighted by molar-refractivity contribution is 5.18. The van der Waals surface area contributed by atoms with Crippen molar-refractivity contribution >= 4 is 0 Å². The average molecular weight is 270 g/mol. The molecule has 0 saturated carbocycles. The maximum Gasteiger partial charge on any atom is 0.0944 e. The smallest absolute Gasteiger partial charge is 0.0944 e. The molecule has 0 heterocycles. The van der Waals surface area contributed by atoms with Crippen LogP contribution >= 0.6 is 0 Å². The van der Waals surface area contributed by atoms with Crippen LogP contribution in [0.5, 0.6) is 0 Å². The minimum absolute atomic E-state index is 0.462. The molecule has 0 aliphatic heterocycles. The van der Waals surface area contributed by atoms with Gasteiger partial charge >= 0.3 is 0 Å². The SMILES string of the molecule is NC(N)(Cc1ccccc1)C(O)CCc1ccccc1. The molecule has 0 radical (unpaired) electrons. The van der Waals surface area contributed by atoms with Gasteiger partial charge in [0.15, 0.2) is 0 Å². The van der Waals surface area contributed by atoms with E-state index in [9.17, 15) is 5.11 Å². The molecule has 1 unspecified atom stereocenters. The Morgan fingerprint density at radius 1 is 0.850 bits per heavy atom. The number of hydrogen-bond donors (Lipinski definition) is 3. The van der Waals surface area contributed by atoms with Crippen LogP contribution in [0.3, 0.4) is 0 Å². The van der Waals surface area contributed by atoms with Crippen LogP contribution in [0.15, 0.2) is 60.7 Å². The Kier molecular flexibility index (Phi) is 4.90. The van der Waals surface area contributed by atoms with E-state index in [0.717, 1.165) is 12.0 Å². The second kappa shape index (κ2) is 6.66. The van der Waals surface area contributed by atoms with E-state index in [-0.39, 0.29) is 0 Å². The zero-order valence-electron chi connectivity index (χ0n) is 11.6. The van der Waals surface area contributed by atoms with Gasteiger partial charge in [0.1, 0.15) is 0 Å². The summed E-state index contributed by atoms with van der Waals surface area (Å²) in [6.07, 6.45) is 1.06. The van der Waals surface area contributed by atoms with E-state index < -0.39 is 11.8 Å². The highest BCUT2D eigenvalue weighted by Crippen LogP contribution is 2.15. The summed E-state index contributed by atoms with van der Waals surface area (Å²) in [6.45, 7) is 0. The lowest BCUT2D eigenvalue weighted by Crippen LogP contribution is -2.60. The zero-order valence-corrected chi connectivity index (χ0v) is 11.6. The van der Waals surface area contributed by atoms with Gasteiger partial charge in [-0.1, -0.05) is 60.7 Å². The van der Waals surface area contributed by atoms with Gasteiger partial charge in [0.2, 0.25) is 0 Å². The van der Waals surface area contributed by atoms with E-state index in [1.807, 2.05) is 60.7 Å². The van der Waals surface area contributed by atoms with Crippen molar-refractivity contribution in [2.75, 3.05) is 0 Å². The summed E-state index contributed by atoms with van der Waals surface area (Å²) in [4.78, 5) is 0. The summed E-state index contributed by atoms with van der Waals surface area (Å²) in [5, 5.41) is 10.2. The molecular weight excluding hydrogens is 248 g/mol. The lowest BCUT2D eigenvalue weighted by molar-refractivity contribution is 0.0791.